The second-order valence-corrected chi connectivity index (χ2v) is 6.42. The Hall–Kier alpha value is -2.82. The number of guanidine groups is 1. The molecule has 1 heterocycles. The van der Waals surface area contributed by atoms with Crippen LogP contribution in [0.25, 0.3) is 11.4 Å². The summed E-state index contributed by atoms with van der Waals surface area (Å²) in [5.41, 5.74) is 1.96. The predicted molar refractivity (Wildman–Crippen MR) is 133 cm³/mol. The van der Waals surface area contributed by atoms with Crippen molar-refractivity contribution in [1.29, 1.82) is 0 Å². The first-order valence-corrected chi connectivity index (χ1v) is 10.0. The number of rotatable bonds is 9. The number of aromatic amines is 1. The molecule has 3 rings (SSSR count). The summed E-state index contributed by atoms with van der Waals surface area (Å²) in [6.07, 6.45) is 0. The van der Waals surface area contributed by atoms with E-state index in [0.717, 1.165) is 35.0 Å². The van der Waals surface area contributed by atoms with Crippen molar-refractivity contribution >= 4 is 29.9 Å². The summed E-state index contributed by atoms with van der Waals surface area (Å²) in [5, 5.41) is 13.8. The summed E-state index contributed by atoms with van der Waals surface area (Å²) in [7, 11) is 1.64. The van der Waals surface area contributed by atoms with E-state index in [1.807, 2.05) is 62.4 Å². The Morgan fingerprint density at radius 2 is 1.84 bits per heavy atom. The highest BCUT2D eigenvalue weighted by molar-refractivity contribution is 14.0. The van der Waals surface area contributed by atoms with Gasteiger partial charge in [-0.15, -0.1) is 24.0 Å². The molecule has 0 atom stereocenters. The Bertz CT molecular complexity index is 959. The van der Waals surface area contributed by atoms with E-state index in [1.165, 1.54) is 0 Å². The number of hydrogen-bond acceptors (Lipinski definition) is 5. The van der Waals surface area contributed by atoms with E-state index in [-0.39, 0.29) is 24.0 Å². The van der Waals surface area contributed by atoms with E-state index >= 15 is 0 Å². The Morgan fingerprint density at radius 1 is 1.06 bits per heavy atom. The second-order valence-electron chi connectivity index (χ2n) is 6.42. The van der Waals surface area contributed by atoms with Crippen LogP contribution in [0.2, 0.25) is 0 Å². The number of nitrogens with one attached hydrogen (secondary N) is 3. The molecule has 8 nitrogen and oxygen atoms in total. The van der Waals surface area contributed by atoms with Crippen LogP contribution in [-0.4, -0.2) is 41.4 Å². The lowest BCUT2D eigenvalue weighted by molar-refractivity contribution is 0.336. The number of para-hydroxylation sites is 1. The number of hydrogen-bond donors (Lipinski definition) is 3. The van der Waals surface area contributed by atoms with Crippen molar-refractivity contribution in [1.82, 2.24) is 25.8 Å². The SMILES string of the molecule is CCNC(=NCc1ccccc1OCC)NCc1nc(-c2ccc(OC)cc2)n[nH]1.I. The first-order chi connectivity index (χ1) is 14.7. The molecule has 0 aliphatic heterocycles. The minimum absolute atomic E-state index is 0. The third-order valence-electron chi connectivity index (χ3n) is 4.33. The monoisotopic (exact) mass is 536 g/mol. The average Bonchev–Trinajstić information content (AvgIpc) is 3.26. The highest BCUT2D eigenvalue weighted by Gasteiger charge is 2.08. The summed E-state index contributed by atoms with van der Waals surface area (Å²) in [4.78, 5) is 9.22. The van der Waals surface area contributed by atoms with Gasteiger partial charge in [-0.3, -0.25) is 5.10 Å². The van der Waals surface area contributed by atoms with E-state index in [2.05, 4.69) is 30.8 Å². The lowest BCUT2D eigenvalue weighted by atomic mass is 10.2. The fourth-order valence-electron chi connectivity index (χ4n) is 2.85. The third-order valence-corrected chi connectivity index (χ3v) is 4.33. The van der Waals surface area contributed by atoms with Crippen molar-refractivity contribution in [2.75, 3.05) is 20.3 Å². The van der Waals surface area contributed by atoms with Crippen LogP contribution >= 0.6 is 24.0 Å². The van der Waals surface area contributed by atoms with E-state index in [1.54, 1.807) is 7.11 Å². The number of halogens is 1. The zero-order valence-electron chi connectivity index (χ0n) is 18.0. The molecule has 0 radical (unpaired) electrons. The molecule has 0 aliphatic carbocycles. The molecule has 0 fully saturated rings. The molecule has 3 N–H and O–H groups in total. The van der Waals surface area contributed by atoms with Crippen LogP contribution in [-0.2, 0) is 13.1 Å². The van der Waals surface area contributed by atoms with Gasteiger partial charge in [-0.25, -0.2) is 9.98 Å². The van der Waals surface area contributed by atoms with Gasteiger partial charge in [0.05, 0.1) is 26.8 Å². The number of methoxy groups -OCH3 is 1. The van der Waals surface area contributed by atoms with E-state index < -0.39 is 0 Å². The lowest BCUT2D eigenvalue weighted by Gasteiger charge is -2.11. The first-order valence-electron chi connectivity index (χ1n) is 10.0. The molecule has 0 unspecified atom stereocenters. The smallest absolute Gasteiger partial charge is 0.191 e. The molecule has 0 aliphatic rings. The van der Waals surface area contributed by atoms with Crippen LogP contribution in [0, 0.1) is 0 Å². The minimum Gasteiger partial charge on any atom is -0.497 e. The minimum atomic E-state index is 0. The maximum Gasteiger partial charge on any atom is 0.191 e. The standard InChI is InChI=1S/C22H28N6O2.HI/c1-4-23-22(24-14-17-8-6-7-9-19(17)30-5-2)25-15-20-26-21(28-27-20)16-10-12-18(29-3)13-11-16;/h6-13H,4-5,14-15H2,1-3H3,(H2,23,24,25)(H,26,27,28);1H. The molecule has 2 aromatic carbocycles. The lowest BCUT2D eigenvalue weighted by Crippen LogP contribution is -2.37. The quantitative estimate of drug-likeness (QED) is 0.219. The summed E-state index contributed by atoms with van der Waals surface area (Å²) < 4.78 is 10.9. The van der Waals surface area contributed by atoms with Crippen LogP contribution in [0.3, 0.4) is 0 Å². The van der Waals surface area contributed by atoms with E-state index in [9.17, 15) is 0 Å². The van der Waals surface area contributed by atoms with Gasteiger partial charge >= 0.3 is 0 Å². The van der Waals surface area contributed by atoms with Gasteiger partial charge in [0.25, 0.3) is 0 Å². The molecule has 0 spiro atoms. The van der Waals surface area contributed by atoms with Gasteiger partial charge in [0.2, 0.25) is 0 Å². The van der Waals surface area contributed by atoms with Crippen molar-refractivity contribution in [3.05, 3.63) is 59.9 Å². The van der Waals surface area contributed by atoms with Crippen molar-refractivity contribution in [3.63, 3.8) is 0 Å². The van der Waals surface area contributed by atoms with Crippen molar-refractivity contribution in [2.24, 2.45) is 4.99 Å². The highest BCUT2D eigenvalue weighted by atomic mass is 127. The number of aliphatic imine (C=N–C) groups is 1. The normalized spacial score (nSPS) is 10.9. The molecule has 0 amide bonds. The summed E-state index contributed by atoms with van der Waals surface area (Å²) in [6, 6.07) is 15.6. The van der Waals surface area contributed by atoms with Crippen molar-refractivity contribution < 1.29 is 9.47 Å². The zero-order valence-corrected chi connectivity index (χ0v) is 20.3. The van der Waals surface area contributed by atoms with Gasteiger partial charge in [-0.05, 0) is 44.2 Å². The summed E-state index contributed by atoms with van der Waals surface area (Å²) in [5.74, 6) is 3.72. The first kappa shape index (κ1) is 24.4. The number of nitrogens with zero attached hydrogens (tertiary/aromatic N) is 3. The fraction of sp³-hybridized carbons (Fsp3) is 0.318. The van der Waals surface area contributed by atoms with Crippen LogP contribution in [0.1, 0.15) is 25.2 Å². The molecule has 3 aromatic rings. The van der Waals surface area contributed by atoms with Gasteiger partial charge in [-0.2, -0.15) is 5.10 Å². The van der Waals surface area contributed by atoms with Gasteiger partial charge < -0.3 is 20.1 Å². The van der Waals surface area contributed by atoms with Gasteiger partial charge in [-0.1, -0.05) is 18.2 Å². The Labute approximate surface area is 199 Å². The second kappa shape index (κ2) is 12.8. The van der Waals surface area contributed by atoms with Crippen LogP contribution in [0.4, 0.5) is 0 Å². The third kappa shape index (κ3) is 7.12. The zero-order chi connectivity index (χ0) is 21.2. The number of benzene rings is 2. The number of ether oxygens (including phenoxy) is 2. The topological polar surface area (TPSA) is 96.5 Å². The average molecular weight is 536 g/mol. The molecule has 0 saturated carbocycles. The molecule has 0 bridgehead atoms. The van der Waals surface area contributed by atoms with Crippen molar-refractivity contribution in [3.8, 4) is 22.9 Å². The van der Waals surface area contributed by atoms with Crippen LogP contribution in [0.15, 0.2) is 53.5 Å². The number of aromatic nitrogens is 3. The Balaban J connectivity index is 0.00000341. The van der Waals surface area contributed by atoms with E-state index in [4.69, 9.17) is 9.47 Å². The molecular weight excluding hydrogens is 507 g/mol. The Kier molecular flexibility index (Phi) is 10.1. The number of H-pyrrole nitrogens is 1. The van der Waals surface area contributed by atoms with Crippen LogP contribution in [0.5, 0.6) is 11.5 Å². The van der Waals surface area contributed by atoms with Gasteiger partial charge in [0.15, 0.2) is 11.8 Å². The van der Waals surface area contributed by atoms with Crippen molar-refractivity contribution in [2.45, 2.75) is 26.9 Å². The molecule has 31 heavy (non-hydrogen) atoms. The maximum atomic E-state index is 5.68. The molecule has 1 aromatic heterocycles. The molecular formula is C22H29IN6O2. The van der Waals surface area contributed by atoms with Gasteiger partial charge in [0, 0.05) is 17.7 Å². The molecule has 9 heteroatoms. The summed E-state index contributed by atoms with van der Waals surface area (Å²) in [6.45, 7) is 6.37. The fourth-order valence-corrected chi connectivity index (χ4v) is 2.85. The maximum absolute atomic E-state index is 5.68. The van der Waals surface area contributed by atoms with E-state index in [0.29, 0.717) is 31.5 Å². The molecule has 0 saturated heterocycles. The Morgan fingerprint density at radius 3 is 2.55 bits per heavy atom. The highest BCUT2D eigenvalue weighted by Crippen LogP contribution is 2.19. The largest absolute Gasteiger partial charge is 0.497 e. The van der Waals surface area contributed by atoms with Crippen LogP contribution < -0.4 is 20.1 Å². The summed E-state index contributed by atoms with van der Waals surface area (Å²) >= 11 is 0. The molecule has 166 valence electrons. The predicted octanol–water partition coefficient (Wildman–Crippen LogP) is 3.75. The van der Waals surface area contributed by atoms with Gasteiger partial charge in [0.1, 0.15) is 17.3 Å².